The first-order valence-electron chi connectivity index (χ1n) is 5.14. The quantitative estimate of drug-likeness (QED) is 0.904. The van der Waals surface area contributed by atoms with E-state index in [-0.39, 0.29) is 16.4 Å². The number of benzene rings is 2. The monoisotopic (exact) mass is 248 g/mol. The molecular weight excluding hydrogens is 236 g/mol. The van der Waals surface area contributed by atoms with E-state index in [2.05, 4.69) is 0 Å². The van der Waals surface area contributed by atoms with Crippen molar-refractivity contribution in [3.63, 3.8) is 0 Å². The molecule has 0 aliphatic rings. The summed E-state index contributed by atoms with van der Waals surface area (Å²) >= 11 is 0. The molecule has 0 aliphatic heterocycles. The molecule has 0 atom stereocenters. The third-order valence-electron chi connectivity index (χ3n) is 2.47. The predicted molar refractivity (Wildman–Crippen MR) is 64.3 cm³/mol. The van der Waals surface area contributed by atoms with E-state index in [0.717, 1.165) is 0 Å². The Kier molecular flexibility index (Phi) is 3.26. The van der Waals surface area contributed by atoms with Crippen molar-refractivity contribution in [3.05, 3.63) is 60.2 Å². The summed E-state index contributed by atoms with van der Waals surface area (Å²) < 4.78 is 24.3. The number of hydrogen-bond donors (Lipinski definition) is 1. The summed E-state index contributed by atoms with van der Waals surface area (Å²) in [5.41, 5.74) is 0.692. The van der Waals surface area contributed by atoms with E-state index in [1.54, 1.807) is 42.5 Å². The minimum absolute atomic E-state index is 0.0916. The van der Waals surface area contributed by atoms with Gasteiger partial charge in [0, 0.05) is 0 Å². The summed E-state index contributed by atoms with van der Waals surface area (Å²) in [5.74, 6) is 0. The maximum absolute atomic E-state index is 12.2. The topological polar surface area (TPSA) is 54.4 Å². The lowest BCUT2D eigenvalue weighted by Crippen LogP contribution is -2.01. The van der Waals surface area contributed by atoms with Crippen LogP contribution in [0.1, 0.15) is 5.56 Å². The fourth-order valence-corrected chi connectivity index (χ4v) is 2.79. The van der Waals surface area contributed by atoms with Crippen LogP contribution < -0.4 is 0 Å². The Hall–Kier alpha value is -1.65. The molecule has 0 aliphatic carbocycles. The Morgan fingerprint density at radius 1 is 0.824 bits per heavy atom. The maximum Gasteiger partial charge on any atom is 0.206 e. The molecule has 2 aromatic carbocycles. The molecule has 0 aromatic heterocycles. The van der Waals surface area contributed by atoms with Crippen LogP contribution in [-0.4, -0.2) is 13.5 Å². The molecule has 0 amide bonds. The summed E-state index contributed by atoms with van der Waals surface area (Å²) in [5, 5.41) is 8.90. The molecule has 0 radical (unpaired) electrons. The van der Waals surface area contributed by atoms with Gasteiger partial charge in [0.05, 0.1) is 16.4 Å². The van der Waals surface area contributed by atoms with Crippen molar-refractivity contribution < 1.29 is 13.5 Å². The number of hydrogen-bond acceptors (Lipinski definition) is 3. The Morgan fingerprint density at radius 3 is 1.88 bits per heavy atom. The lowest BCUT2D eigenvalue weighted by atomic mass is 10.2. The molecule has 0 bridgehead atoms. The van der Waals surface area contributed by atoms with Crippen LogP contribution in [0.5, 0.6) is 0 Å². The van der Waals surface area contributed by atoms with Crippen molar-refractivity contribution in [1.29, 1.82) is 0 Å². The lowest BCUT2D eigenvalue weighted by molar-refractivity contribution is 0.282. The first-order valence-corrected chi connectivity index (χ1v) is 6.63. The highest BCUT2D eigenvalue weighted by Crippen LogP contribution is 2.20. The third kappa shape index (κ3) is 2.38. The van der Waals surface area contributed by atoms with E-state index in [0.29, 0.717) is 5.56 Å². The minimum Gasteiger partial charge on any atom is -0.392 e. The van der Waals surface area contributed by atoms with Crippen LogP contribution in [-0.2, 0) is 16.4 Å². The van der Waals surface area contributed by atoms with Crippen molar-refractivity contribution in [2.75, 3.05) is 0 Å². The van der Waals surface area contributed by atoms with Crippen molar-refractivity contribution in [1.82, 2.24) is 0 Å². The van der Waals surface area contributed by atoms with E-state index < -0.39 is 9.84 Å². The normalized spacial score (nSPS) is 11.4. The van der Waals surface area contributed by atoms with Crippen molar-refractivity contribution in [3.8, 4) is 0 Å². The van der Waals surface area contributed by atoms with E-state index >= 15 is 0 Å². The maximum atomic E-state index is 12.2. The highest BCUT2D eigenvalue weighted by atomic mass is 32.2. The number of sulfone groups is 1. The molecule has 2 aromatic rings. The number of rotatable bonds is 3. The van der Waals surface area contributed by atoms with E-state index in [9.17, 15) is 8.42 Å². The molecule has 0 unspecified atom stereocenters. The van der Waals surface area contributed by atoms with Crippen LogP contribution in [0.4, 0.5) is 0 Å². The van der Waals surface area contributed by atoms with Gasteiger partial charge in [-0.3, -0.25) is 0 Å². The molecule has 88 valence electrons. The van der Waals surface area contributed by atoms with Gasteiger partial charge in [-0.2, -0.15) is 0 Å². The molecule has 3 nitrogen and oxygen atoms in total. The molecule has 2 rings (SSSR count). The molecule has 0 spiro atoms. The molecule has 4 heteroatoms. The summed E-state index contributed by atoms with van der Waals surface area (Å²) in [6, 6.07) is 14.5. The molecule has 0 heterocycles. The van der Waals surface area contributed by atoms with Gasteiger partial charge in [0.15, 0.2) is 0 Å². The number of aliphatic hydroxyl groups excluding tert-OH is 1. The SMILES string of the molecule is O=S(=O)(c1ccccc1)c1ccc(CO)cc1. The van der Waals surface area contributed by atoms with Crippen LogP contribution in [0, 0.1) is 0 Å². The molecule has 0 saturated carbocycles. The Morgan fingerprint density at radius 2 is 1.35 bits per heavy atom. The van der Waals surface area contributed by atoms with Crippen LogP contribution >= 0.6 is 0 Å². The van der Waals surface area contributed by atoms with Crippen LogP contribution in [0.2, 0.25) is 0 Å². The zero-order chi connectivity index (χ0) is 12.3. The largest absolute Gasteiger partial charge is 0.392 e. The minimum atomic E-state index is -3.45. The first-order chi connectivity index (χ1) is 8.14. The molecule has 17 heavy (non-hydrogen) atoms. The summed E-state index contributed by atoms with van der Waals surface area (Å²) in [4.78, 5) is 0.512. The number of aliphatic hydroxyl groups is 1. The van der Waals surface area contributed by atoms with Gasteiger partial charge in [0.25, 0.3) is 0 Å². The molecule has 0 fully saturated rings. The van der Waals surface area contributed by atoms with Crippen LogP contribution in [0.25, 0.3) is 0 Å². The van der Waals surface area contributed by atoms with Gasteiger partial charge >= 0.3 is 0 Å². The second kappa shape index (κ2) is 4.69. The van der Waals surface area contributed by atoms with Gasteiger partial charge < -0.3 is 5.11 Å². The third-order valence-corrected chi connectivity index (χ3v) is 4.26. The predicted octanol–water partition coefficient (Wildman–Crippen LogP) is 2.01. The zero-order valence-electron chi connectivity index (χ0n) is 9.08. The van der Waals surface area contributed by atoms with Crippen molar-refractivity contribution >= 4 is 9.84 Å². The summed E-state index contributed by atoms with van der Waals surface area (Å²) in [7, 11) is -3.45. The lowest BCUT2D eigenvalue weighted by Gasteiger charge is -2.04. The van der Waals surface area contributed by atoms with Gasteiger partial charge in [-0.1, -0.05) is 30.3 Å². The zero-order valence-corrected chi connectivity index (χ0v) is 9.89. The molecule has 1 N–H and O–H groups in total. The Labute approximate surface area is 100 Å². The van der Waals surface area contributed by atoms with Gasteiger partial charge in [0.2, 0.25) is 9.84 Å². The highest BCUT2D eigenvalue weighted by molar-refractivity contribution is 7.91. The first kappa shape index (κ1) is 11.8. The van der Waals surface area contributed by atoms with E-state index in [4.69, 9.17) is 5.11 Å². The van der Waals surface area contributed by atoms with Crippen LogP contribution in [0.15, 0.2) is 64.4 Å². The van der Waals surface area contributed by atoms with Crippen molar-refractivity contribution in [2.45, 2.75) is 16.4 Å². The van der Waals surface area contributed by atoms with E-state index in [1.165, 1.54) is 12.1 Å². The Bertz CT molecular complexity index is 586. The van der Waals surface area contributed by atoms with Gasteiger partial charge in [0.1, 0.15) is 0 Å². The van der Waals surface area contributed by atoms with Gasteiger partial charge in [-0.25, -0.2) is 8.42 Å². The van der Waals surface area contributed by atoms with Crippen molar-refractivity contribution in [2.24, 2.45) is 0 Å². The van der Waals surface area contributed by atoms with Crippen LogP contribution in [0.3, 0.4) is 0 Å². The molecular formula is C13H12O3S. The second-order valence-electron chi connectivity index (χ2n) is 3.62. The van der Waals surface area contributed by atoms with Gasteiger partial charge in [-0.05, 0) is 29.8 Å². The summed E-state index contributed by atoms with van der Waals surface area (Å²) in [6.07, 6.45) is 0. The van der Waals surface area contributed by atoms with E-state index in [1.807, 2.05) is 0 Å². The average molecular weight is 248 g/mol. The molecule has 0 saturated heterocycles. The summed E-state index contributed by atoms with van der Waals surface area (Å²) in [6.45, 7) is -0.0916. The Balaban J connectivity index is 2.45. The fourth-order valence-electron chi connectivity index (χ4n) is 1.51. The average Bonchev–Trinajstić information content (AvgIpc) is 2.40. The highest BCUT2D eigenvalue weighted by Gasteiger charge is 2.16. The second-order valence-corrected chi connectivity index (χ2v) is 5.57. The van der Waals surface area contributed by atoms with Gasteiger partial charge in [-0.15, -0.1) is 0 Å². The standard InChI is InChI=1S/C13H12O3S/c14-10-11-6-8-13(9-7-11)17(15,16)12-4-2-1-3-5-12/h1-9,14H,10H2. The fraction of sp³-hybridized carbons (Fsp3) is 0.0769. The smallest absolute Gasteiger partial charge is 0.206 e.